The molecule has 0 saturated heterocycles. The third-order valence-corrected chi connectivity index (χ3v) is 22.1. The molecule has 12 rings (SSSR count). The molecule has 5 heterocycles. The summed E-state index contributed by atoms with van der Waals surface area (Å²) in [6.45, 7) is 0. The van der Waals surface area contributed by atoms with Gasteiger partial charge >= 0.3 is 0 Å². The van der Waals surface area contributed by atoms with Crippen molar-refractivity contribution in [1.82, 2.24) is 14.5 Å². The van der Waals surface area contributed by atoms with Crippen molar-refractivity contribution in [2.24, 2.45) is 0 Å². The van der Waals surface area contributed by atoms with E-state index in [4.69, 9.17) is 9.97 Å². The molecule has 3 aromatic heterocycles. The van der Waals surface area contributed by atoms with Crippen LogP contribution < -0.4 is 41.8 Å². The van der Waals surface area contributed by atoms with Crippen LogP contribution >= 0.6 is 0 Å². The van der Waals surface area contributed by atoms with Crippen molar-refractivity contribution in [3.8, 4) is 27.9 Å². The van der Waals surface area contributed by atoms with Crippen LogP contribution in [-0.4, -0.2) is 30.7 Å². The Kier molecular flexibility index (Phi) is 6.97. The summed E-state index contributed by atoms with van der Waals surface area (Å²) in [6.07, 6.45) is 4.28. The molecule has 266 valence electrons. The number of pyridine rings is 2. The molecule has 0 atom stereocenters. The minimum Gasteiger partial charge on any atom is -0.306 e. The molecule has 0 amide bonds. The highest BCUT2D eigenvalue weighted by Gasteiger charge is 2.51. The molecule has 2 aliphatic heterocycles. The molecule has 0 radical (unpaired) electrons. The monoisotopic (exact) mass is 757 g/mol. The van der Waals surface area contributed by atoms with Gasteiger partial charge in [0.1, 0.15) is 0 Å². The van der Waals surface area contributed by atoms with Crippen LogP contribution in [0.5, 0.6) is 0 Å². The maximum absolute atomic E-state index is 5.57. The van der Waals surface area contributed by atoms with E-state index >= 15 is 0 Å². The maximum atomic E-state index is 5.57. The Labute approximate surface area is 333 Å². The highest BCUT2D eigenvalue weighted by Crippen LogP contribution is 2.34. The minimum atomic E-state index is -2.83. The fourth-order valence-corrected chi connectivity index (χ4v) is 20.4. The van der Waals surface area contributed by atoms with Crippen LogP contribution in [0.1, 0.15) is 0 Å². The summed E-state index contributed by atoms with van der Waals surface area (Å²) >= 11 is 0. The van der Waals surface area contributed by atoms with E-state index in [2.05, 4.69) is 217 Å². The van der Waals surface area contributed by atoms with Gasteiger partial charge in [-0.2, -0.15) is 0 Å². The summed E-state index contributed by atoms with van der Waals surface area (Å²) in [5.74, 6) is 0. The van der Waals surface area contributed by atoms with Gasteiger partial charge in [-0.25, -0.2) is 0 Å². The summed E-state index contributed by atoms with van der Waals surface area (Å²) in [5, 5.41) is 13.0. The van der Waals surface area contributed by atoms with E-state index in [1.807, 2.05) is 0 Å². The Hall–Kier alpha value is -6.93. The number of para-hydroxylation sites is 1. The van der Waals surface area contributed by atoms with E-state index in [1.165, 1.54) is 64.1 Å². The normalized spacial score (nSPS) is 14.2. The standard InChI is InChI=1S/C52H35N3Si2/c1-4-18-36(19-5-1)55-45-34-53-51(56(37-20-6-2-7-21-37)47-28-14-10-24-39(47)40-25-11-15-29-48(40)56)32-43(45)44-33-52(54-35-46(44)55)57(38-22-8-3-9-23-38)49-30-16-12-26-41(49)42-27-13-17-31-50(42)57/h1-35H. The van der Waals surface area contributed by atoms with Gasteiger partial charge in [0, 0.05) is 27.1 Å². The lowest BCUT2D eigenvalue weighted by Crippen LogP contribution is -2.73. The van der Waals surface area contributed by atoms with Crippen molar-refractivity contribution >= 4 is 79.7 Å². The lowest BCUT2D eigenvalue weighted by Gasteiger charge is -2.30. The highest BCUT2D eigenvalue weighted by molar-refractivity contribution is 7.22. The van der Waals surface area contributed by atoms with Crippen molar-refractivity contribution in [3.05, 3.63) is 213 Å². The zero-order chi connectivity index (χ0) is 37.6. The van der Waals surface area contributed by atoms with E-state index in [-0.39, 0.29) is 0 Å². The van der Waals surface area contributed by atoms with Crippen LogP contribution in [0.25, 0.3) is 49.7 Å². The van der Waals surface area contributed by atoms with Crippen LogP contribution in [0, 0.1) is 0 Å². The quantitative estimate of drug-likeness (QED) is 0.194. The zero-order valence-corrected chi connectivity index (χ0v) is 33.0. The fraction of sp³-hybridized carbons (Fsp3) is 0. The van der Waals surface area contributed by atoms with Crippen molar-refractivity contribution in [1.29, 1.82) is 0 Å². The van der Waals surface area contributed by atoms with Crippen LogP contribution in [0.2, 0.25) is 0 Å². The van der Waals surface area contributed by atoms with Gasteiger partial charge in [0.2, 0.25) is 16.1 Å². The van der Waals surface area contributed by atoms with Crippen molar-refractivity contribution in [3.63, 3.8) is 0 Å². The number of benzene rings is 7. The molecule has 0 spiro atoms. The smallest absolute Gasteiger partial charge is 0.203 e. The number of rotatable bonds is 5. The number of aromatic nitrogens is 3. The molecule has 0 fully saturated rings. The van der Waals surface area contributed by atoms with Crippen molar-refractivity contribution in [2.75, 3.05) is 0 Å². The summed E-state index contributed by atoms with van der Waals surface area (Å²) in [4.78, 5) is 11.1. The average molecular weight is 758 g/mol. The van der Waals surface area contributed by atoms with Gasteiger partial charge in [-0.3, -0.25) is 9.97 Å². The van der Waals surface area contributed by atoms with Crippen molar-refractivity contribution < 1.29 is 0 Å². The molecular formula is C52H35N3Si2. The molecule has 0 unspecified atom stereocenters. The van der Waals surface area contributed by atoms with Crippen LogP contribution in [0.3, 0.4) is 0 Å². The van der Waals surface area contributed by atoms with Gasteiger partial charge in [0.25, 0.3) is 0 Å². The molecule has 3 nitrogen and oxygen atoms in total. The van der Waals surface area contributed by atoms with E-state index in [0.29, 0.717) is 0 Å². The Morgan fingerprint density at radius 2 is 0.649 bits per heavy atom. The molecule has 7 aromatic carbocycles. The summed E-state index contributed by atoms with van der Waals surface area (Å²) in [7, 11) is -5.66. The molecule has 2 aliphatic rings. The second kappa shape index (κ2) is 12.3. The minimum absolute atomic E-state index is 1.08. The molecule has 57 heavy (non-hydrogen) atoms. The van der Waals surface area contributed by atoms with Crippen LogP contribution in [0.15, 0.2) is 213 Å². The summed E-state index contributed by atoms with van der Waals surface area (Å²) in [6, 6.07) is 74.1. The molecule has 0 N–H and O–H groups in total. The Balaban J connectivity index is 1.21. The van der Waals surface area contributed by atoms with E-state index in [0.717, 1.165) is 27.4 Å². The van der Waals surface area contributed by atoms with Gasteiger partial charge in [-0.15, -0.1) is 0 Å². The summed E-state index contributed by atoms with van der Waals surface area (Å²) < 4.78 is 2.36. The number of hydrogen-bond donors (Lipinski definition) is 0. The second-order valence-electron chi connectivity index (χ2n) is 15.3. The predicted molar refractivity (Wildman–Crippen MR) is 242 cm³/mol. The topological polar surface area (TPSA) is 30.7 Å². The van der Waals surface area contributed by atoms with E-state index in [9.17, 15) is 0 Å². The lowest BCUT2D eigenvalue weighted by molar-refractivity contribution is 1.16. The summed E-state index contributed by atoms with van der Waals surface area (Å²) in [5.41, 5.74) is 8.53. The number of nitrogens with zero attached hydrogens (tertiary/aromatic N) is 3. The SMILES string of the molecule is c1ccc(-n2c3cnc([Si]4(c5ccccc5)c5ccccc5-c5ccccc54)cc3c3cc([Si]4(c5ccccc5)c5ccccc5-c5ccccc54)ncc32)cc1. The molecular weight excluding hydrogens is 723 g/mol. The molecule has 0 bridgehead atoms. The van der Waals surface area contributed by atoms with Gasteiger partial charge in [0.05, 0.1) is 23.4 Å². The Bertz CT molecular complexity index is 2910. The number of fused-ring (bicyclic) bond motifs is 9. The van der Waals surface area contributed by atoms with Gasteiger partial charge in [0.15, 0.2) is 0 Å². The van der Waals surface area contributed by atoms with E-state index < -0.39 is 16.1 Å². The van der Waals surface area contributed by atoms with Crippen molar-refractivity contribution in [2.45, 2.75) is 0 Å². The molecule has 10 aromatic rings. The van der Waals surface area contributed by atoms with Gasteiger partial charge in [-0.05, 0) is 77.6 Å². The first kappa shape index (κ1) is 32.3. The first-order chi connectivity index (χ1) is 28.3. The molecule has 0 aliphatic carbocycles. The van der Waals surface area contributed by atoms with E-state index in [1.54, 1.807) is 0 Å². The molecule has 5 heteroatoms. The average Bonchev–Trinajstić information content (AvgIpc) is 3.90. The predicted octanol–water partition coefficient (Wildman–Crippen LogP) is 6.29. The highest BCUT2D eigenvalue weighted by atomic mass is 28.3. The molecule has 0 saturated carbocycles. The Morgan fingerprint density at radius 1 is 0.333 bits per heavy atom. The lowest BCUT2D eigenvalue weighted by atomic mass is 10.1. The maximum Gasteiger partial charge on any atom is 0.203 e. The largest absolute Gasteiger partial charge is 0.306 e. The fourth-order valence-electron chi connectivity index (χ4n) is 10.4. The van der Waals surface area contributed by atoms with Gasteiger partial charge in [-0.1, -0.05) is 176 Å². The first-order valence-electron chi connectivity index (χ1n) is 19.7. The third-order valence-electron chi connectivity index (χ3n) is 12.6. The zero-order valence-electron chi connectivity index (χ0n) is 31.0. The number of hydrogen-bond acceptors (Lipinski definition) is 2. The second-order valence-corrected chi connectivity index (χ2v) is 22.6. The van der Waals surface area contributed by atoms with Crippen LogP contribution in [0.4, 0.5) is 0 Å². The first-order valence-corrected chi connectivity index (χ1v) is 23.7. The van der Waals surface area contributed by atoms with Gasteiger partial charge < -0.3 is 4.57 Å². The third kappa shape index (κ3) is 4.30. The Morgan fingerprint density at radius 3 is 1.02 bits per heavy atom. The van der Waals surface area contributed by atoms with Crippen LogP contribution in [-0.2, 0) is 0 Å².